The fourth-order valence-electron chi connectivity index (χ4n) is 4.38. The Kier molecular flexibility index (Phi) is 5.12. The molecule has 1 amide bonds. The van der Waals surface area contributed by atoms with Gasteiger partial charge in [0.2, 0.25) is 10.0 Å². The van der Waals surface area contributed by atoms with Crippen molar-refractivity contribution in [3.63, 3.8) is 0 Å². The van der Waals surface area contributed by atoms with Gasteiger partial charge in [0.1, 0.15) is 6.61 Å². The summed E-state index contributed by atoms with van der Waals surface area (Å²) in [6.07, 6.45) is 0.632. The molecule has 0 radical (unpaired) electrons. The molecule has 0 aliphatic carbocycles. The first-order chi connectivity index (χ1) is 14.9. The van der Waals surface area contributed by atoms with Crippen molar-refractivity contribution in [2.45, 2.75) is 30.4 Å². The lowest BCUT2D eigenvalue weighted by atomic mass is 10.0. The van der Waals surface area contributed by atoms with Crippen LogP contribution in [0.4, 0.5) is 10.5 Å². The number of hydrogen-bond acceptors (Lipinski definition) is 4. The van der Waals surface area contributed by atoms with E-state index in [1.54, 1.807) is 23.1 Å². The average molecular weight is 457 g/mol. The third kappa shape index (κ3) is 3.56. The molecule has 0 aromatic heterocycles. The molecule has 2 aliphatic rings. The molecule has 0 unspecified atom stereocenters. The van der Waals surface area contributed by atoms with Gasteiger partial charge in [0.05, 0.1) is 10.6 Å². The van der Waals surface area contributed by atoms with Gasteiger partial charge in [-0.2, -0.15) is 4.31 Å². The molecule has 1 fully saturated rings. The van der Waals surface area contributed by atoms with Gasteiger partial charge in [0, 0.05) is 29.7 Å². The summed E-state index contributed by atoms with van der Waals surface area (Å²) >= 11 is 6.28. The monoisotopic (exact) mass is 456 g/mol. The normalized spacial score (nSPS) is 18.1. The molecular weight excluding hydrogens is 436 g/mol. The summed E-state index contributed by atoms with van der Waals surface area (Å²) in [7, 11) is -3.61. The first-order valence-electron chi connectivity index (χ1n) is 10.2. The smallest absolute Gasteiger partial charge is 0.414 e. The minimum Gasteiger partial charge on any atom is -0.444 e. The molecule has 2 aliphatic heterocycles. The lowest BCUT2D eigenvalue weighted by molar-refractivity contribution is 0.136. The molecule has 160 valence electrons. The van der Waals surface area contributed by atoms with Gasteiger partial charge >= 0.3 is 6.09 Å². The maximum atomic E-state index is 13.2. The average Bonchev–Trinajstić information content (AvgIpc) is 2.79. The van der Waals surface area contributed by atoms with Gasteiger partial charge in [-0.15, -0.1) is 0 Å². The Bertz CT molecular complexity index is 1270. The number of benzene rings is 3. The summed E-state index contributed by atoms with van der Waals surface area (Å²) < 4.78 is 33.3. The van der Waals surface area contributed by atoms with E-state index in [1.165, 1.54) is 4.31 Å². The van der Waals surface area contributed by atoms with Crippen molar-refractivity contribution in [2.24, 2.45) is 0 Å². The van der Waals surface area contributed by atoms with Crippen LogP contribution in [0.5, 0.6) is 0 Å². The summed E-state index contributed by atoms with van der Waals surface area (Å²) in [5.41, 5.74) is 1.54. The van der Waals surface area contributed by atoms with Crippen LogP contribution in [0.2, 0.25) is 5.02 Å². The highest BCUT2D eigenvalue weighted by molar-refractivity contribution is 7.89. The Balaban J connectivity index is 1.37. The van der Waals surface area contributed by atoms with Crippen LogP contribution in [0, 0.1) is 0 Å². The molecule has 0 spiro atoms. The molecule has 0 bridgehead atoms. The van der Waals surface area contributed by atoms with Gasteiger partial charge < -0.3 is 4.74 Å². The molecule has 3 aromatic rings. The van der Waals surface area contributed by atoms with Crippen LogP contribution in [0.1, 0.15) is 18.4 Å². The number of fused-ring (bicyclic) bond motifs is 2. The molecule has 8 heteroatoms. The quantitative estimate of drug-likeness (QED) is 0.567. The van der Waals surface area contributed by atoms with Crippen molar-refractivity contribution < 1.29 is 17.9 Å². The maximum Gasteiger partial charge on any atom is 0.414 e. The van der Waals surface area contributed by atoms with Crippen LogP contribution in [-0.2, 0) is 21.4 Å². The first-order valence-corrected chi connectivity index (χ1v) is 12.0. The minimum absolute atomic E-state index is 0.145. The Hall–Kier alpha value is -2.61. The van der Waals surface area contributed by atoms with E-state index < -0.39 is 16.1 Å². The van der Waals surface area contributed by atoms with E-state index in [-0.39, 0.29) is 12.6 Å². The molecule has 1 saturated heterocycles. The van der Waals surface area contributed by atoms with Gasteiger partial charge in [-0.3, -0.25) is 4.90 Å². The van der Waals surface area contributed by atoms with Gasteiger partial charge in [-0.1, -0.05) is 48.0 Å². The van der Waals surface area contributed by atoms with Crippen molar-refractivity contribution >= 4 is 44.2 Å². The van der Waals surface area contributed by atoms with Crippen LogP contribution >= 0.6 is 11.6 Å². The van der Waals surface area contributed by atoms with Gasteiger partial charge in [0.15, 0.2) is 0 Å². The highest BCUT2D eigenvalue weighted by atomic mass is 35.5. The van der Waals surface area contributed by atoms with Crippen LogP contribution in [0.3, 0.4) is 0 Å². The number of rotatable bonds is 3. The fraction of sp³-hybridized carbons (Fsp3) is 0.261. The maximum absolute atomic E-state index is 13.2. The zero-order valence-corrected chi connectivity index (χ0v) is 18.3. The van der Waals surface area contributed by atoms with Gasteiger partial charge in [0.25, 0.3) is 0 Å². The minimum atomic E-state index is -3.61. The van der Waals surface area contributed by atoms with Crippen molar-refractivity contribution in [1.29, 1.82) is 0 Å². The number of sulfonamides is 1. The molecular formula is C23H21ClN2O4S. The Morgan fingerprint density at radius 2 is 1.68 bits per heavy atom. The molecule has 0 saturated carbocycles. The van der Waals surface area contributed by atoms with E-state index in [4.69, 9.17) is 16.3 Å². The number of nitrogens with zero attached hydrogens (tertiary/aromatic N) is 2. The van der Waals surface area contributed by atoms with E-state index in [0.717, 1.165) is 22.0 Å². The van der Waals surface area contributed by atoms with Gasteiger partial charge in [-0.25, -0.2) is 13.2 Å². The van der Waals surface area contributed by atoms with Crippen LogP contribution < -0.4 is 4.90 Å². The summed E-state index contributed by atoms with van der Waals surface area (Å²) in [6.45, 7) is 0.818. The number of piperidine rings is 1. The van der Waals surface area contributed by atoms with Crippen LogP contribution in [-0.4, -0.2) is 37.9 Å². The highest BCUT2D eigenvalue weighted by Gasteiger charge is 2.37. The Morgan fingerprint density at radius 1 is 0.935 bits per heavy atom. The number of amides is 1. The van der Waals surface area contributed by atoms with Crippen LogP contribution in [0.15, 0.2) is 65.6 Å². The predicted molar refractivity (Wildman–Crippen MR) is 120 cm³/mol. The number of carbonyl (C=O) groups is 1. The first kappa shape index (κ1) is 20.3. The van der Waals surface area contributed by atoms with E-state index in [0.29, 0.717) is 35.8 Å². The third-order valence-electron chi connectivity index (χ3n) is 6.04. The molecule has 3 aromatic carbocycles. The summed E-state index contributed by atoms with van der Waals surface area (Å²) in [5.74, 6) is 0. The predicted octanol–water partition coefficient (Wildman–Crippen LogP) is 4.80. The zero-order valence-electron chi connectivity index (χ0n) is 16.7. The second-order valence-electron chi connectivity index (χ2n) is 7.81. The number of anilines is 1. The second-order valence-corrected chi connectivity index (χ2v) is 10.2. The number of halogens is 1. The van der Waals surface area contributed by atoms with Crippen molar-refractivity contribution in [1.82, 2.24) is 4.31 Å². The third-order valence-corrected chi connectivity index (χ3v) is 8.29. The van der Waals surface area contributed by atoms with Gasteiger partial charge in [-0.05, 0) is 47.9 Å². The number of carbonyl (C=O) groups excluding carboxylic acids is 1. The molecule has 6 nitrogen and oxygen atoms in total. The largest absolute Gasteiger partial charge is 0.444 e. The van der Waals surface area contributed by atoms with E-state index in [2.05, 4.69) is 0 Å². The number of hydrogen-bond donors (Lipinski definition) is 0. The van der Waals surface area contributed by atoms with E-state index in [1.807, 2.05) is 42.5 Å². The SMILES string of the molecule is O=C1OCc2c(Cl)cccc2N1C1CCN(S(=O)(=O)c2ccc3ccccc3c2)CC1. The topological polar surface area (TPSA) is 66.9 Å². The number of cyclic esters (lactones) is 1. The Morgan fingerprint density at radius 3 is 2.45 bits per heavy atom. The highest BCUT2D eigenvalue weighted by Crippen LogP contribution is 2.36. The molecule has 2 heterocycles. The van der Waals surface area contributed by atoms with Crippen molar-refractivity contribution in [3.8, 4) is 0 Å². The number of ether oxygens (including phenoxy) is 1. The lowest BCUT2D eigenvalue weighted by Gasteiger charge is -2.40. The van der Waals surface area contributed by atoms with Crippen molar-refractivity contribution in [2.75, 3.05) is 18.0 Å². The zero-order chi connectivity index (χ0) is 21.6. The molecule has 0 N–H and O–H groups in total. The van der Waals surface area contributed by atoms with Crippen LogP contribution in [0.25, 0.3) is 10.8 Å². The molecule has 31 heavy (non-hydrogen) atoms. The Labute approximate surface area is 186 Å². The fourth-order valence-corrected chi connectivity index (χ4v) is 6.11. The molecule has 0 atom stereocenters. The summed E-state index contributed by atoms with van der Waals surface area (Å²) in [4.78, 5) is 14.4. The molecule has 5 rings (SSSR count). The second kappa shape index (κ2) is 7.82. The van der Waals surface area contributed by atoms with Crippen molar-refractivity contribution in [3.05, 3.63) is 71.2 Å². The summed E-state index contributed by atoms with van der Waals surface area (Å²) in [6, 6.07) is 18.2. The van der Waals surface area contributed by atoms with E-state index in [9.17, 15) is 13.2 Å². The lowest BCUT2D eigenvalue weighted by Crippen LogP contribution is -2.50. The summed E-state index contributed by atoms with van der Waals surface area (Å²) in [5, 5.41) is 2.45. The van der Waals surface area contributed by atoms with E-state index >= 15 is 0 Å². The standard InChI is InChI=1S/C23H21ClN2O4S/c24-21-6-3-7-22-20(21)15-30-23(27)26(22)18-10-12-25(13-11-18)31(28,29)19-9-8-16-4-1-2-5-17(16)14-19/h1-9,14,18H,10-13,15H2.